The van der Waals surface area contributed by atoms with Crippen LogP contribution in [0.25, 0.3) is 0 Å². The fourth-order valence-electron chi connectivity index (χ4n) is 1.88. The summed E-state index contributed by atoms with van der Waals surface area (Å²) < 4.78 is 9.72. The summed E-state index contributed by atoms with van der Waals surface area (Å²) in [5, 5.41) is 11.6. The molecule has 0 bridgehead atoms. The molecule has 1 aromatic carbocycles. The number of amides is 1. The highest BCUT2D eigenvalue weighted by Gasteiger charge is 2.25. The lowest BCUT2D eigenvalue weighted by Crippen LogP contribution is -2.44. The summed E-state index contributed by atoms with van der Waals surface area (Å²) in [5.41, 5.74) is -0.0214. The molecule has 0 aliphatic rings. The number of nitrogens with one attached hydrogen (secondary N) is 1. The van der Waals surface area contributed by atoms with Gasteiger partial charge >= 0.3 is 18.0 Å². The third-order valence-electron chi connectivity index (χ3n) is 2.84. The van der Waals surface area contributed by atoms with Crippen LogP contribution >= 0.6 is 0 Å². The van der Waals surface area contributed by atoms with E-state index in [0.29, 0.717) is 5.56 Å². The molecule has 0 spiro atoms. The first-order valence-electron chi connectivity index (χ1n) is 7.02. The Morgan fingerprint density at radius 3 is 2.35 bits per heavy atom. The molecule has 0 saturated heterocycles. The second kappa shape index (κ2) is 7.62. The van der Waals surface area contributed by atoms with E-state index in [9.17, 15) is 19.5 Å². The molecule has 1 unspecified atom stereocenters. The van der Waals surface area contributed by atoms with E-state index in [2.05, 4.69) is 10.1 Å². The largest absolute Gasteiger partial charge is 0.480 e. The molecule has 0 fully saturated rings. The predicted molar refractivity (Wildman–Crippen MR) is 82.3 cm³/mol. The van der Waals surface area contributed by atoms with E-state index >= 15 is 0 Å². The molecule has 0 aromatic heterocycles. The molecule has 23 heavy (non-hydrogen) atoms. The number of hydrogen-bond donors (Lipinski definition) is 2. The van der Waals surface area contributed by atoms with Crippen LogP contribution in [0.1, 0.15) is 36.7 Å². The Morgan fingerprint density at radius 1 is 1.22 bits per heavy atom. The second-order valence-electron chi connectivity index (χ2n) is 5.89. The topological polar surface area (TPSA) is 102 Å². The van der Waals surface area contributed by atoms with Gasteiger partial charge in [-0.3, -0.25) is 0 Å². The van der Waals surface area contributed by atoms with Crippen molar-refractivity contribution in [3.8, 4) is 0 Å². The molecule has 2 N–H and O–H groups in total. The standard InChI is InChI=1S/C16H21NO6/c1-16(2,3)23-15(21)17-12(13(18)19)9-10-7-5-6-8-11(10)14(20)22-4/h5-8,12H,9H2,1-4H3,(H,17,21)(H,18,19). The minimum Gasteiger partial charge on any atom is -0.480 e. The van der Waals surface area contributed by atoms with Gasteiger partial charge in [-0.25, -0.2) is 14.4 Å². The number of methoxy groups -OCH3 is 1. The Kier molecular flexibility index (Phi) is 6.12. The van der Waals surface area contributed by atoms with Gasteiger partial charge in [-0.1, -0.05) is 18.2 Å². The molecule has 7 heteroatoms. The molecule has 126 valence electrons. The van der Waals surface area contributed by atoms with Gasteiger partial charge < -0.3 is 19.9 Å². The van der Waals surface area contributed by atoms with E-state index in [0.717, 1.165) is 0 Å². The Hall–Kier alpha value is -2.57. The van der Waals surface area contributed by atoms with Crippen molar-refractivity contribution in [1.82, 2.24) is 5.32 Å². The Bertz CT molecular complexity index is 590. The summed E-state index contributed by atoms with van der Waals surface area (Å²) in [5.74, 6) is -1.79. The van der Waals surface area contributed by atoms with Crippen LogP contribution in [0.4, 0.5) is 4.79 Å². The first-order chi connectivity index (χ1) is 10.6. The van der Waals surface area contributed by atoms with E-state index in [-0.39, 0.29) is 12.0 Å². The SMILES string of the molecule is COC(=O)c1ccccc1CC(NC(=O)OC(C)(C)C)C(=O)O. The van der Waals surface area contributed by atoms with E-state index in [1.165, 1.54) is 13.2 Å². The number of alkyl carbamates (subject to hydrolysis) is 1. The maximum Gasteiger partial charge on any atom is 0.408 e. The number of esters is 1. The van der Waals surface area contributed by atoms with Crippen LogP contribution in [-0.2, 0) is 20.7 Å². The van der Waals surface area contributed by atoms with E-state index in [1.807, 2.05) is 0 Å². The van der Waals surface area contributed by atoms with Crippen molar-refractivity contribution in [2.45, 2.75) is 38.8 Å². The van der Waals surface area contributed by atoms with Crippen molar-refractivity contribution in [3.63, 3.8) is 0 Å². The minimum absolute atomic E-state index is 0.0696. The quantitative estimate of drug-likeness (QED) is 0.804. The number of ether oxygens (including phenoxy) is 2. The monoisotopic (exact) mass is 323 g/mol. The summed E-state index contributed by atoms with van der Waals surface area (Å²) in [7, 11) is 1.24. The molecule has 1 atom stereocenters. The summed E-state index contributed by atoms with van der Waals surface area (Å²) in [6.45, 7) is 5.03. The summed E-state index contributed by atoms with van der Waals surface area (Å²) in [6.07, 6.45) is -0.903. The number of carbonyl (C=O) groups is 3. The van der Waals surface area contributed by atoms with Gasteiger partial charge in [0.05, 0.1) is 12.7 Å². The van der Waals surface area contributed by atoms with Crippen LogP contribution in [0.5, 0.6) is 0 Å². The predicted octanol–water partition coefficient (Wildman–Crippen LogP) is 1.99. The fourth-order valence-corrected chi connectivity index (χ4v) is 1.88. The Morgan fingerprint density at radius 2 is 1.83 bits per heavy atom. The maximum absolute atomic E-state index is 11.8. The summed E-state index contributed by atoms with van der Waals surface area (Å²) in [4.78, 5) is 34.8. The molecule has 0 aliphatic heterocycles. The van der Waals surface area contributed by atoms with Gasteiger partial charge in [0.25, 0.3) is 0 Å². The zero-order chi connectivity index (χ0) is 17.6. The molecular formula is C16H21NO6. The highest BCUT2D eigenvalue weighted by atomic mass is 16.6. The van der Waals surface area contributed by atoms with Crippen LogP contribution < -0.4 is 5.32 Å². The first-order valence-corrected chi connectivity index (χ1v) is 7.02. The molecule has 1 amide bonds. The molecule has 0 heterocycles. The highest BCUT2D eigenvalue weighted by Crippen LogP contribution is 2.13. The van der Waals surface area contributed by atoms with Crippen molar-refractivity contribution in [2.75, 3.05) is 7.11 Å². The van der Waals surface area contributed by atoms with Gasteiger partial charge in [-0.05, 0) is 32.4 Å². The van der Waals surface area contributed by atoms with E-state index in [4.69, 9.17) is 4.74 Å². The molecule has 0 radical (unpaired) electrons. The van der Waals surface area contributed by atoms with E-state index in [1.54, 1.807) is 39.0 Å². The number of hydrogen-bond acceptors (Lipinski definition) is 5. The van der Waals surface area contributed by atoms with Gasteiger partial charge in [0.15, 0.2) is 0 Å². The van der Waals surface area contributed by atoms with Gasteiger partial charge in [-0.2, -0.15) is 0 Å². The maximum atomic E-state index is 11.8. The smallest absolute Gasteiger partial charge is 0.408 e. The lowest BCUT2D eigenvalue weighted by atomic mass is 10.0. The first kappa shape index (κ1) is 18.5. The number of benzene rings is 1. The lowest BCUT2D eigenvalue weighted by molar-refractivity contribution is -0.139. The molecule has 0 saturated carbocycles. The van der Waals surface area contributed by atoms with Crippen molar-refractivity contribution in [1.29, 1.82) is 0 Å². The van der Waals surface area contributed by atoms with Gasteiger partial charge in [0.1, 0.15) is 11.6 Å². The number of rotatable bonds is 5. The normalized spacial score (nSPS) is 12.2. The van der Waals surface area contributed by atoms with Crippen molar-refractivity contribution in [3.05, 3.63) is 35.4 Å². The molecule has 7 nitrogen and oxygen atoms in total. The number of carboxylic acids is 1. The number of carbonyl (C=O) groups excluding carboxylic acids is 2. The zero-order valence-corrected chi connectivity index (χ0v) is 13.6. The van der Waals surface area contributed by atoms with Crippen LogP contribution in [-0.4, -0.2) is 41.9 Å². The van der Waals surface area contributed by atoms with Gasteiger partial charge in [0, 0.05) is 6.42 Å². The average molecular weight is 323 g/mol. The average Bonchev–Trinajstić information content (AvgIpc) is 2.44. The Labute approximate surface area is 134 Å². The third kappa shape index (κ3) is 5.98. The summed E-state index contributed by atoms with van der Waals surface area (Å²) >= 11 is 0. The van der Waals surface area contributed by atoms with Crippen LogP contribution in [0, 0.1) is 0 Å². The molecule has 1 aromatic rings. The zero-order valence-electron chi connectivity index (χ0n) is 13.6. The number of carboxylic acid groups (broad SMARTS) is 1. The highest BCUT2D eigenvalue weighted by molar-refractivity contribution is 5.91. The van der Waals surface area contributed by atoms with Crippen LogP contribution in [0.15, 0.2) is 24.3 Å². The van der Waals surface area contributed by atoms with Gasteiger partial charge in [-0.15, -0.1) is 0 Å². The van der Waals surface area contributed by atoms with Gasteiger partial charge in [0.2, 0.25) is 0 Å². The van der Waals surface area contributed by atoms with E-state index < -0.39 is 29.7 Å². The number of aliphatic carboxylic acids is 1. The Balaban J connectivity index is 2.91. The lowest BCUT2D eigenvalue weighted by Gasteiger charge is -2.22. The van der Waals surface area contributed by atoms with Crippen LogP contribution in [0.2, 0.25) is 0 Å². The fraction of sp³-hybridized carbons (Fsp3) is 0.438. The molecular weight excluding hydrogens is 302 g/mol. The minimum atomic E-state index is -1.23. The third-order valence-corrected chi connectivity index (χ3v) is 2.84. The van der Waals surface area contributed by atoms with Crippen molar-refractivity contribution >= 4 is 18.0 Å². The second-order valence-corrected chi connectivity index (χ2v) is 5.89. The van der Waals surface area contributed by atoms with Crippen molar-refractivity contribution < 1.29 is 29.0 Å². The van der Waals surface area contributed by atoms with Crippen LogP contribution in [0.3, 0.4) is 0 Å². The summed E-state index contributed by atoms with van der Waals surface area (Å²) in [6, 6.07) is 5.24. The van der Waals surface area contributed by atoms with Crippen molar-refractivity contribution in [2.24, 2.45) is 0 Å². The molecule has 0 aliphatic carbocycles. The molecule has 1 rings (SSSR count).